The van der Waals surface area contributed by atoms with Gasteiger partial charge in [-0.3, -0.25) is 0 Å². The van der Waals surface area contributed by atoms with Gasteiger partial charge in [-0.15, -0.1) is 0 Å². The average Bonchev–Trinajstić information content (AvgIpc) is 2.56. The van der Waals surface area contributed by atoms with E-state index in [-0.39, 0.29) is 0 Å². The maximum Gasteiger partial charge on any atom is 0.198 e. The second kappa shape index (κ2) is 2.92. The minimum absolute atomic E-state index is 0.296. The first-order valence-electron chi connectivity index (χ1n) is 3.98. The number of aromatic amines is 1. The Morgan fingerprint density at radius 3 is 3.00 bits per heavy atom. The minimum Gasteiger partial charge on any atom is -0.495 e. The lowest BCUT2D eigenvalue weighted by Crippen LogP contribution is -1.89. The summed E-state index contributed by atoms with van der Waals surface area (Å²) in [5.74, 6) is 0.802. The van der Waals surface area contributed by atoms with Crippen molar-refractivity contribution in [2.75, 3.05) is 12.8 Å². The fraction of sp³-hybridized carbons (Fsp3) is 0.111. The van der Waals surface area contributed by atoms with Gasteiger partial charge in [0.1, 0.15) is 22.9 Å². The highest BCUT2D eigenvalue weighted by molar-refractivity contribution is 5.85. The molecule has 0 saturated carbocycles. The summed E-state index contributed by atoms with van der Waals surface area (Å²) in [5.41, 5.74) is 7.17. The molecular weight excluding hydrogens is 180 g/mol. The van der Waals surface area contributed by atoms with E-state index >= 15 is 0 Å². The first-order valence-corrected chi connectivity index (χ1v) is 3.98. The summed E-state index contributed by atoms with van der Waals surface area (Å²) >= 11 is 0. The molecule has 0 aliphatic carbocycles. The van der Waals surface area contributed by atoms with Gasteiger partial charge in [-0.1, -0.05) is 0 Å². The van der Waals surface area contributed by atoms with Crippen LogP contribution in [0.15, 0.2) is 12.1 Å². The Morgan fingerprint density at radius 1 is 1.57 bits per heavy atom. The lowest BCUT2D eigenvalue weighted by molar-refractivity contribution is 0.414. The Labute approximate surface area is 80.1 Å². The summed E-state index contributed by atoms with van der Waals surface area (Å²) < 4.78 is 5.04. The van der Waals surface area contributed by atoms with E-state index in [1.165, 1.54) is 7.11 Å². The van der Waals surface area contributed by atoms with Crippen molar-refractivity contribution in [3.63, 3.8) is 0 Å². The number of anilines is 1. The molecular formula is C9H8N4O. The fourth-order valence-corrected chi connectivity index (χ4v) is 1.35. The van der Waals surface area contributed by atoms with Crippen LogP contribution in [-0.4, -0.2) is 17.1 Å². The molecule has 5 heteroatoms. The second-order valence-corrected chi connectivity index (χ2v) is 2.77. The van der Waals surface area contributed by atoms with Crippen LogP contribution < -0.4 is 10.5 Å². The smallest absolute Gasteiger partial charge is 0.198 e. The number of rotatable bonds is 1. The number of nitrogens with two attached hydrogens (primary N) is 1. The number of hydrogen-bond donors (Lipinski definition) is 2. The van der Waals surface area contributed by atoms with Gasteiger partial charge in [0.25, 0.3) is 0 Å². The Morgan fingerprint density at radius 2 is 2.36 bits per heavy atom. The number of nitriles is 1. The number of imidazole rings is 1. The van der Waals surface area contributed by atoms with Crippen LogP contribution in [0.25, 0.3) is 11.0 Å². The SMILES string of the molecule is COc1ccc2[nH]c(N)nc2c1C#N. The third-order valence-electron chi connectivity index (χ3n) is 1.97. The van der Waals surface area contributed by atoms with Crippen molar-refractivity contribution in [1.29, 1.82) is 5.26 Å². The highest BCUT2D eigenvalue weighted by atomic mass is 16.5. The maximum atomic E-state index is 8.93. The van der Waals surface area contributed by atoms with Crippen LogP contribution in [0.4, 0.5) is 5.95 Å². The molecule has 0 amide bonds. The van der Waals surface area contributed by atoms with Gasteiger partial charge in [0, 0.05) is 0 Å². The molecule has 0 atom stereocenters. The topological polar surface area (TPSA) is 87.7 Å². The highest BCUT2D eigenvalue weighted by Gasteiger charge is 2.10. The standard InChI is InChI=1S/C9H8N4O/c1-14-7-3-2-6-8(5(7)4-10)13-9(11)12-6/h2-3H,1H3,(H3,11,12,13). The van der Waals surface area contributed by atoms with Gasteiger partial charge in [0.05, 0.1) is 12.6 Å². The number of aromatic nitrogens is 2. The molecule has 1 aromatic carbocycles. The van der Waals surface area contributed by atoms with Crippen LogP contribution in [0.2, 0.25) is 0 Å². The lowest BCUT2D eigenvalue weighted by atomic mass is 10.2. The molecule has 1 aromatic heterocycles. The third kappa shape index (κ3) is 1.05. The summed E-state index contributed by atoms with van der Waals surface area (Å²) in [5, 5.41) is 8.93. The van der Waals surface area contributed by atoms with Gasteiger partial charge < -0.3 is 15.5 Å². The van der Waals surface area contributed by atoms with Crippen LogP contribution in [0.3, 0.4) is 0 Å². The average molecular weight is 188 g/mol. The van der Waals surface area contributed by atoms with Gasteiger partial charge in [0.15, 0.2) is 5.95 Å². The Hall–Kier alpha value is -2.22. The van der Waals surface area contributed by atoms with Crippen molar-refractivity contribution < 1.29 is 4.74 Å². The van der Waals surface area contributed by atoms with E-state index in [9.17, 15) is 0 Å². The molecule has 14 heavy (non-hydrogen) atoms. The Balaban J connectivity index is 2.84. The lowest BCUT2D eigenvalue weighted by Gasteiger charge is -2.01. The maximum absolute atomic E-state index is 8.93. The summed E-state index contributed by atoms with van der Waals surface area (Å²) in [4.78, 5) is 6.86. The summed E-state index contributed by atoms with van der Waals surface area (Å²) in [7, 11) is 1.51. The number of H-pyrrole nitrogens is 1. The predicted molar refractivity (Wildman–Crippen MR) is 51.8 cm³/mol. The minimum atomic E-state index is 0.296. The molecule has 0 fully saturated rings. The monoisotopic (exact) mass is 188 g/mol. The van der Waals surface area contributed by atoms with Gasteiger partial charge in [-0.05, 0) is 12.1 Å². The van der Waals surface area contributed by atoms with E-state index < -0.39 is 0 Å². The van der Waals surface area contributed by atoms with E-state index in [2.05, 4.69) is 9.97 Å². The number of nitrogens with zero attached hydrogens (tertiary/aromatic N) is 2. The molecule has 3 N–H and O–H groups in total. The van der Waals surface area contributed by atoms with Crippen molar-refractivity contribution in [3.05, 3.63) is 17.7 Å². The van der Waals surface area contributed by atoms with E-state index in [4.69, 9.17) is 15.7 Å². The van der Waals surface area contributed by atoms with Gasteiger partial charge in [-0.2, -0.15) is 5.26 Å². The molecule has 70 valence electrons. The second-order valence-electron chi connectivity index (χ2n) is 2.77. The van der Waals surface area contributed by atoms with Crippen LogP contribution >= 0.6 is 0 Å². The quantitative estimate of drug-likeness (QED) is 0.699. The molecule has 2 rings (SSSR count). The van der Waals surface area contributed by atoms with Gasteiger partial charge in [-0.25, -0.2) is 4.98 Å². The number of nitrogen functional groups attached to an aromatic ring is 1. The molecule has 0 radical (unpaired) electrons. The number of hydrogen-bond acceptors (Lipinski definition) is 4. The van der Waals surface area contributed by atoms with Crippen molar-refractivity contribution in [2.45, 2.75) is 0 Å². The van der Waals surface area contributed by atoms with Crippen LogP contribution in [0, 0.1) is 11.3 Å². The summed E-state index contributed by atoms with van der Waals surface area (Å²) in [6.45, 7) is 0. The van der Waals surface area contributed by atoms with Crippen LogP contribution in [-0.2, 0) is 0 Å². The van der Waals surface area contributed by atoms with Crippen LogP contribution in [0.5, 0.6) is 5.75 Å². The normalized spacial score (nSPS) is 10.0. The van der Waals surface area contributed by atoms with Crippen LogP contribution in [0.1, 0.15) is 5.56 Å². The van der Waals surface area contributed by atoms with E-state index in [1.807, 2.05) is 6.07 Å². The van der Waals surface area contributed by atoms with Crippen molar-refractivity contribution in [2.24, 2.45) is 0 Å². The van der Waals surface area contributed by atoms with E-state index in [1.54, 1.807) is 12.1 Å². The van der Waals surface area contributed by atoms with Gasteiger partial charge in [0.2, 0.25) is 0 Å². The molecule has 0 aliphatic rings. The third-order valence-corrected chi connectivity index (χ3v) is 1.97. The molecule has 0 bridgehead atoms. The van der Waals surface area contributed by atoms with Gasteiger partial charge >= 0.3 is 0 Å². The number of methoxy groups -OCH3 is 1. The zero-order valence-electron chi connectivity index (χ0n) is 7.53. The van der Waals surface area contributed by atoms with Crippen molar-refractivity contribution >= 4 is 17.0 Å². The molecule has 0 aliphatic heterocycles. The fourth-order valence-electron chi connectivity index (χ4n) is 1.35. The highest BCUT2D eigenvalue weighted by Crippen LogP contribution is 2.25. The molecule has 2 aromatic rings. The Kier molecular flexibility index (Phi) is 1.75. The van der Waals surface area contributed by atoms with Crippen molar-refractivity contribution in [1.82, 2.24) is 9.97 Å². The number of benzene rings is 1. The number of fused-ring (bicyclic) bond motifs is 1. The first kappa shape index (κ1) is 8.38. The molecule has 0 saturated heterocycles. The molecule has 5 nitrogen and oxygen atoms in total. The zero-order chi connectivity index (χ0) is 10.1. The zero-order valence-corrected chi connectivity index (χ0v) is 7.53. The summed E-state index contributed by atoms with van der Waals surface area (Å²) in [6, 6.07) is 5.52. The first-order chi connectivity index (χ1) is 6.76. The molecule has 0 spiro atoms. The largest absolute Gasteiger partial charge is 0.495 e. The Bertz CT molecular complexity index is 523. The predicted octanol–water partition coefficient (Wildman–Crippen LogP) is 1.03. The van der Waals surface area contributed by atoms with E-state index in [0.717, 1.165) is 5.52 Å². The number of nitrogens with one attached hydrogen (secondary N) is 1. The summed E-state index contributed by atoms with van der Waals surface area (Å²) in [6.07, 6.45) is 0. The van der Waals surface area contributed by atoms with E-state index in [0.29, 0.717) is 22.8 Å². The van der Waals surface area contributed by atoms with Crippen molar-refractivity contribution in [3.8, 4) is 11.8 Å². The molecule has 1 heterocycles. The molecule has 0 unspecified atom stereocenters. The number of ether oxygens (including phenoxy) is 1.